The monoisotopic (exact) mass is 402 g/mol. The van der Waals surface area contributed by atoms with Crippen molar-refractivity contribution < 1.29 is 0 Å². The summed E-state index contributed by atoms with van der Waals surface area (Å²) in [6.45, 7) is 6.88. The average molecular weight is 403 g/mol. The second-order valence-corrected chi connectivity index (χ2v) is 8.11. The number of anilines is 1. The predicted octanol–water partition coefficient (Wildman–Crippen LogP) is 4.58. The van der Waals surface area contributed by atoms with Crippen LogP contribution in [0.4, 0.5) is 5.82 Å². The number of nitrogens with zero attached hydrogens (tertiary/aromatic N) is 3. The lowest BCUT2D eigenvalue weighted by Crippen LogP contribution is -2.33. The Labute approximate surface area is 158 Å². The maximum atomic E-state index is 5.13. The Bertz CT molecular complexity index is 714. The first kappa shape index (κ1) is 17.1. The van der Waals surface area contributed by atoms with Gasteiger partial charge in [0.15, 0.2) is 0 Å². The maximum Gasteiger partial charge on any atom is 0.133 e. The number of nitrogens with one attached hydrogen (secondary N) is 1. The van der Waals surface area contributed by atoms with Crippen LogP contribution in [0.3, 0.4) is 0 Å². The molecule has 0 bridgehead atoms. The lowest BCUT2D eigenvalue weighted by molar-refractivity contribution is 0.220. The molecule has 1 fully saturated rings. The maximum absolute atomic E-state index is 5.13. The van der Waals surface area contributed by atoms with Gasteiger partial charge in [-0.15, -0.1) is 0 Å². The van der Waals surface area contributed by atoms with E-state index in [1.54, 1.807) is 0 Å². The first-order chi connectivity index (χ1) is 12.3. The van der Waals surface area contributed by atoms with Gasteiger partial charge in [0.2, 0.25) is 0 Å². The molecule has 0 aliphatic carbocycles. The SMILES string of the molecule is CCN1CCC(c2nn(-c3ccc(Br)cc3)c3c2CCCCN3)CC1. The Balaban J connectivity index is 1.71. The molecule has 25 heavy (non-hydrogen) atoms. The number of halogens is 1. The fourth-order valence-electron chi connectivity index (χ4n) is 4.15. The van der Waals surface area contributed by atoms with E-state index in [4.69, 9.17) is 5.10 Å². The Hall–Kier alpha value is -1.33. The molecule has 0 radical (unpaired) electrons. The summed E-state index contributed by atoms with van der Waals surface area (Å²) in [6.07, 6.45) is 6.12. The van der Waals surface area contributed by atoms with E-state index < -0.39 is 0 Å². The number of piperidine rings is 1. The fraction of sp³-hybridized carbons (Fsp3) is 0.550. The van der Waals surface area contributed by atoms with Gasteiger partial charge in [0.25, 0.3) is 0 Å². The molecule has 2 aromatic rings. The molecule has 1 aromatic heterocycles. The third kappa shape index (κ3) is 3.49. The predicted molar refractivity (Wildman–Crippen MR) is 107 cm³/mol. The number of benzene rings is 1. The summed E-state index contributed by atoms with van der Waals surface area (Å²) in [7, 11) is 0. The van der Waals surface area contributed by atoms with E-state index in [1.807, 2.05) is 0 Å². The van der Waals surface area contributed by atoms with Gasteiger partial charge in [0.05, 0.1) is 11.4 Å². The van der Waals surface area contributed by atoms with Crippen LogP contribution in [-0.2, 0) is 6.42 Å². The van der Waals surface area contributed by atoms with Crippen LogP contribution in [0.15, 0.2) is 28.7 Å². The number of rotatable bonds is 3. The highest BCUT2D eigenvalue weighted by atomic mass is 79.9. The minimum Gasteiger partial charge on any atom is -0.370 e. The van der Waals surface area contributed by atoms with E-state index in [0.717, 1.165) is 23.1 Å². The van der Waals surface area contributed by atoms with Gasteiger partial charge in [-0.25, -0.2) is 4.68 Å². The van der Waals surface area contributed by atoms with E-state index in [9.17, 15) is 0 Å². The molecule has 3 heterocycles. The van der Waals surface area contributed by atoms with Gasteiger partial charge in [-0.05, 0) is 76.0 Å². The molecule has 0 spiro atoms. The van der Waals surface area contributed by atoms with Crippen molar-refractivity contribution in [3.05, 3.63) is 40.0 Å². The number of likely N-dealkylation sites (tertiary alicyclic amines) is 1. The molecule has 4 rings (SSSR count). The summed E-state index contributed by atoms with van der Waals surface area (Å²) in [5.41, 5.74) is 3.96. The number of fused-ring (bicyclic) bond motifs is 1. The van der Waals surface area contributed by atoms with Crippen LogP contribution >= 0.6 is 15.9 Å². The van der Waals surface area contributed by atoms with Crippen LogP contribution in [0.2, 0.25) is 0 Å². The summed E-state index contributed by atoms with van der Waals surface area (Å²) in [4.78, 5) is 2.55. The summed E-state index contributed by atoms with van der Waals surface area (Å²) in [5, 5.41) is 8.79. The molecular formula is C20H27BrN4. The number of hydrogen-bond donors (Lipinski definition) is 1. The van der Waals surface area contributed by atoms with Gasteiger partial charge in [0, 0.05) is 22.5 Å². The van der Waals surface area contributed by atoms with E-state index in [0.29, 0.717) is 5.92 Å². The molecule has 0 atom stereocenters. The summed E-state index contributed by atoms with van der Waals surface area (Å²) < 4.78 is 3.25. The highest BCUT2D eigenvalue weighted by molar-refractivity contribution is 9.10. The summed E-state index contributed by atoms with van der Waals surface area (Å²) >= 11 is 3.54. The Morgan fingerprint density at radius 2 is 1.92 bits per heavy atom. The number of hydrogen-bond acceptors (Lipinski definition) is 3. The third-order valence-corrected chi connectivity index (χ3v) is 6.18. The minimum atomic E-state index is 0.605. The zero-order valence-corrected chi connectivity index (χ0v) is 16.6. The van der Waals surface area contributed by atoms with Gasteiger partial charge in [0.1, 0.15) is 5.82 Å². The molecule has 0 saturated carbocycles. The minimum absolute atomic E-state index is 0.605. The van der Waals surface area contributed by atoms with E-state index in [1.165, 1.54) is 62.4 Å². The van der Waals surface area contributed by atoms with Crippen LogP contribution in [-0.4, -0.2) is 40.9 Å². The Morgan fingerprint density at radius 1 is 1.16 bits per heavy atom. The van der Waals surface area contributed by atoms with Gasteiger partial charge in [-0.1, -0.05) is 22.9 Å². The van der Waals surface area contributed by atoms with Crippen molar-refractivity contribution >= 4 is 21.7 Å². The summed E-state index contributed by atoms with van der Waals surface area (Å²) in [6, 6.07) is 8.49. The molecule has 4 nitrogen and oxygen atoms in total. The van der Waals surface area contributed by atoms with E-state index in [-0.39, 0.29) is 0 Å². The van der Waals surface area contributed by atoms with Crippen molar-refractivity contribution in [2.24, 2.45) is 0 Å². The smallest absolute Gasteiger partial charge is 0.133 e. The molecule has 1 N–H and O–H groups in total. The zero-order valence-electron chi connectivity index (χ0n) is 15.0. The zero-order chi connectivity index (χ0) is 17.2. The van der Waals surface area contributed by atoms with Crippen molar-refractivity contribution in [2.45, 2.75) is 44.9 Å². The lowest BCUT2D eigenvalue weighted by Gasteiger charge is -2.30. The average Bonchev–Trinajstić information content (AvgIpc) is 2.84. The molecule has 5 heteroatoms. The van der Waals surface area contributed by atoms with Crippen molar-refractivity contribution in [1.29, 1.82) is 0 Å². The second-order valence-electron chi connectivity index (χ2n) is 7.19. The Kier molecular flexibility index (Phi) is 5.13. The number of aromatic nitrogens is 2. The van der Waals surface area contributed by atoms with Gasteiger partial charge < -0.3 is 10.2 Å². The molecule has 0 amide bonds. The molecule has 1 aromatic carbocycles. The van der Waals surface area contributed by atoms with Crippen LogP contribution in [0.25, 0.3) is 5.69 Å². The molecule has 2 aliphatic heterocycles. The van der Waals surface area contributed by atoms with Crippen LogP contribution in [0, 0.1) is 0 Å². The standard InChI is InChI=1S/C20H27BrN4/c1-2-24-13-10-15(11-14-24)19-18-5-3-4-12-22-20(18)25(23-19)17-8-6-16(21)7-9-17/h6-9,15,22H,2-5,10-14H2,1H3. The third-order valence-electron chi connectivity index (χ3n) is 5.65. The van der Waals surface area contributed by atoms with Gasteiger partial charge in [-0.3, -0.25) is 0 Å². The molecular weight excluding hydrogens is 376 g/mol. The topological polar surface area (TPSA) is 33.1 Å². The highest BCUT2D eigenvalue weighted by Gasteiger charge is 2.28. The Morgan fingerprint density at radius 3 is 2.64 bits per heavy atom. The lowest BCUT2D eigenvalue weighted by atomic mass is 9.90. The normalized spacial score (nSPS) is 19.3. The van der Waals surface area contributed by atoms with Crippen molar-refractivity contribution in [3.8, 4) is 5.69 Å². The fourth-order valence-corrected chi connectivity index (χ4v) is 4.41. The first-order valence-electron chi connectivity index (χ1n) is 9.60. The van der Waals surface area contributed by atoms with Crippen molar-refractivity contribution in [2.75, 3.05) is 31.5 Å². The van der Waals surface area contributed by atoms with E-state index >= 15 is 0 Å². The second kappa shape index (κ2) is 7.50. The van der Waals surface area contributed by atoms with E-state index in [2.05, 4.69) is 62.0 Å². The van der Waals surface area contributed by atoms with Gasteiger partial charge >= 0.3 is 0 Å². The first-order valence-corrected chi connectivity index (χ1v) is 10.4. The van der Waals surface area contributed by atoms with Gasteiger partial charge in [-0.2, -0.15) is 5.10 Å². The molecule has 134 valence electrons. The largest absolute Gasteiger partial charge is 0.370 e. The molecule has 1 saturated heterocycles. The highest BCUT2D eigenvalue weighted by Crippen LogP contribution is 2.36. The summed E-state index contributed by atoms with van der Waals surface area (Å²) in [5.74, 6) is 1.83. The van der Waals surface area contributed by atoms with Crippen LogP contribution in [0.5, 0.6) is 0 Å². The quantitative estimate of drug-likeness (QED) is 0.814. The van der Waals surface area contributed by atoms with Crippen LogP contribution in [0.1, 0.15) is 49.8 Å². The van der Waals surface area contributed by atoms with Crippen molar-refractivity contribution in [3.63, 3.8) is 0 Å². The van der Waals surface area contributed by atoms with Crippen LogP contribution < -0.4 is 5.32 Å². The van der Waals surface area contributed by atoms with Crippen molar-refractivity contribution in [1.82, 2.24) is 14.7 Å². The molecule has 0 unspecified atom stereocenters. The molecule has 2 aliphatic rings.